The summed E-state index contributed by atoms with van der Waals surface area (Å²) in [6.07, 6.45) is 0. The van der Waals surface area contributed by atoms with Crippen molar-refractivity contribution in [2.75, 3.05) is 20.8 Å². The molecule has 0 unspecified atom stereocenters. The van der Waals surface area contributed by atoms with Crippen LogP contribution in [0.25, 0.3) is 0 Å². The number of amides is 1. The monoisotopic (exact) mass is 476 g/mol. The lowest BCUT2D eigenvalue weighted by Gasteiger charge is -2.30. The third-order valence-electron chi connectivity index (χ3n) is 5.06. The topological polar surface area (TPSA) is 93.2 Å². The Kier molecular flexibility index (Phi) is 9.01. The van der Waals surface area contributed by atoms with Gasteiger partial charge in [0.2, 0.25) is 10.0 Å². The molecule has 0 spiro atoms. The molecule has 0 fully saturated rings. The van der Waals surface area contributed by atoms with E-state index in [0.29, 0.717) is 0 Å². The lowest BCUT2D eigenvalue weighted by molar-refractivity contribution is -0.138. The van der Waals surface area contributed by atoms with Crippen molar-refractivity contribution in [1.82, 2.24) is 9.21 Å². The van der Waals surface area contributed by atoms with Crippen LogP contribution in [-0.4, -0.2) is 62.3 Å². The van der Waals surface area contributed by atoms with Crippen LogP contribution < -0.4 is 4.74 Å². The van der Waals surface area contributed by atoms with Crippen LogP contribution in [0, 0.1) is 0 Å². The highest BCUT2D eigenvalue weighted by molar-refractivity contribution is 7.89. The second-order valence-electron chi connectivity index (χ2n) is 8.18. The Labute approximate surface area is 196 Å². The first-order valence-corrected chi connectivity index (χ1v) is 12.1. The second-order valence-corrected chi connectivity index (χ2v) is 10.2. The number of carbonyl (C=O) groups excluding carboxylic acids is 2. The molecule has 0 aromatic heterocycles. The molecule has 0 bridgehead atoms. The number of nitrogens with zero attached hydrogens (tertiary/aromatic N) is 2. The molecular formula is C24H32N2O6S. The van der Waals surface area contributed by atoms with E-state index in [2.05, 4.69) is 0 Å². The summed E-state index contributed by atoms with van der Waals surface area (Å²) in [7, 11) is -1.17. The number of hydrogen-bond donors (Lipinski definition) is 0. The predicted octanol–water partition coefficient (Wildman–Crippen LogP) is 3.32. The maximum Gasteiger partial charge on any atom is 0.338 e. The van der Waals surface area contributed by atoms with Gasteiger partial charge in [-0.25, -0.2) is 13.2 Å². The van der Waals surface area contributed by atoms with Gasteiger partial charge in [0.1, 0.15) is 10.6 Å². The van der Waals surface area contributed by atoms with Crippen LogP contribution in [0.1, 0.15) is 43.6 Å². The van der Waals surface area contributed by atoms with Gasteiger partial charge in [-0.05, 0) is 51.5 Å². The van der Waals surface area contributed by atoms with E-state index in [1.165, 1.54) is 36.7 Å². The summed E-state index contributed by atoms with van der Waals surface area (Å²) in [5.74, 6) is -1.01. The number of methoxy groups -OCH3 is 1. The van der Waals surface area contributed by atoms with Gasteiger partial charge in [-0.1, -0.05) is 30.3 Å². The molecule has 2 aromatic carbocycles. The number of hydrogen-bond acceptors (Lipinski definition) is 6. The van der Waals surface area contributed by atoms with Gasteiger partial charge in [-0.15, -0.1) is 0 Å². The van der Waals surface area contributed by atoms with Crippen LogP contribution in [0.4, 0.5) is 0 Å². The van der Waals surface area contributed by atoms with E-state index in [1.807, 2.05) is 58.0 Å². The quantitative estimate of drug-likeness (QED) is 0.489. The van der Waals surface area contributed by atoms with Gasteiger partial charge in [0.25, 0.3) is 5.91 Å². The van der Waals surface area contributed by atoms with Gasteiger partial charge in [-0.3, -0.25) is 4.79 Å². The van der Waals surface area contributed by atoms with Crippen LogP contribution in [0.5, 0.6) is 5.75 Å². The molecule has 0 heterocycles. The number of rotatable bonds is 10. The zero-order valence-corrected chi connectivity index (χ0v) is 20.8. The first-order valence-electron chi connectivity index (χ1n) is 10.7. The molecule has 0 saturated heterocycles. The SMILES string of the molecule is COc1ccc(C(=O)OCC(=O)N(C(C)C)C(C)C)cc1S(=O)(=O)N(C)Cc1ccccc1. The lowest BCUT2D eigenvalue weighted by Crippen LogP contribution is -2.44. The maximum absolute atomic E-state index is 13.2. The Morgan fingerprint density at radius 1 is 0.970 bits per heavy atom. The van der Waals surface area contributed by atoms with Gasteiger partial charge in [-0.2, -0.15) is 4.31 Å². The summed E-state index contributed by atoms with van der Waals surface area (Å²) >= 11 is 0. The molecular weight excluding hydrogens is 444 g/mol. The van der Waals surface area contributed by atoms with Crippen LogP contribution in [0.15, 0.2) is 53.4 Å². The highest BCUT2D eigenvalue weighted by atomic mass is 32.2. The molecule has 0 radical (unpaired) electrons. The summed E-state index contributed by atoms with van der Waals surface area (Å²) < 4.78 is 38.1. The van der Waals surface area contributed by atoms with Gasteiger partial charge < -0.3 is 14.4 Å². The Hall–Kier alpha value is -2.91. The first-order chi connectivity index (χ1) is 15.5. The number of esters is 1. The number of benzene rings is 2. The summed E-state index contributed by atoms with van der Waals surface area (Å²) in [6, 6.07) is 13.1. The van der Waals surface area contributed by atoms with Crippen molar-refractivity contribution in [2.45, 2.75) is 51.2 Å². The third-order valence-corrected chi connectivity index (χ3v) is 6.89. The van der Waals surface area contributed by atoms with Gasteiger partial charge in [0.15, 0.2) is 6.61 Å². The average Bonchev–Trinajstić information content (AvgIpc) is 2.77. The van der Waals surface area contributed by atoms with Gasteiger partial charge >= 0.3 is 5.97 Å². The molecule has 8 nitrogen and oxygen atoms in total. The van der Waals surface area contributed by atoms with Crippen LogP contribution in [-0.2, 0) is 26.1 Å². The Bertz CT molecular complexity index is 1060. The molecule has 180 valence electrons. The fraction of sp³-hybridized carbons (Fsp3) is 0.417. The Balaban J connectivity index is 2.24. The minimum atomic E-state index is -3.98. The number of ether oxygens (including phenoxy) is 2. The zero-order valence-electron chi connectivity index (χ0n) is 19.9. The lowest BCUT2D eigenvalue weighted by atomic mass is 10.2. The number of sulfonamides is 1. The van der Waals surface area contributed by atoms with Crippen molar-refractivity contribution in [3.05, 3.63) is 59.7 Å². The minimum absolute atomic E-state index is 0.0101. The molecule has 2 aromatic rings. The van der Waals surface area contributed by atoms with E-state index < -0.39 is 22.6 Å². The van der Waals surface area contributed by atoms with Crippen molar-refractivity contribution in [3.8, 4) is 5.75 Å². The molecule has 1 amide bonds. The normalized spacial score (nSPS) is 11.7. The zero-order chi connectivity index (χ0) is 24.8. The van der Waals surface area contributed by atoms with Gasteiger partial charge in [0.05, 0.1) is 12.7 Å². The molecule has 2 rings (SSSR count). The molecule has 0 aliphatic carbocycles. The minimum Gasteiger partial charge on any atom is -0.495 e. The van der Waals surface area contributed by atoms with E-state index >= 15 is 0 Å². The van der Waals surface area contributed by atoms with E-state index in [-0.39, 0.29) is 40.7 Å². The molecule has 0 N–H and O–H groups in total. The molecule has 0 aliphatic heterocycles. The van der Waals surface area contributed by atoms with E-state index in [1.54, 1.807) is 4.90 Å². The average molecular weight is 477 g/mol. The van der Waals surface area contributed by atoms with Gasteiger partial charge in [0, 0.05) is 25.7 Å². The molecule has 0 saturated carbocycles. The van der Waals surface area contributed by atoms with Crippen molar-refractivity contribution in [2.24, 2.45) is 0 Å². The third kappa shape index (κ3) is 6.55. The molecule has 9 heteroatoms. The highest BCUT2D eigenvalue weighted by Crippen LogP contribution is 2.28. The van der Waals surface area contributed by atoms with Crippen LogP contribution >= 0.6 is 0 Å². The molecule has 0 atom stereocenters. The highest BCUT2D eigenvalue weighted by Gasteiger charge is 2.27. The van der Waals surface area contributed by atoms with Crippen LogP contribution in [0.2, 0.25) is 0 Å². The standard InChI is InChI=1S/C24H32N2O6S/c1-17(2)26(18(3)4)23(27)16-32-24(28)20-12-13-21(31-6)22(14-20)33(29,30)25(5)15-19-10-8-7-9-11-19/h7-14,17-18H,15-16H2,1-6H3. The molecule has 0 aliphatic rings. The Morgan fingerprint density at radius 3 is 2.12 bits per heavy atom. The fourth-order valence-corrected chi connectivity index (χ4v) is 4.89. The van der Waals surface area contributed by atoms with Crippen molar-refractivity contribution in [1.29, 1.82) is 0 Å². The first kappa shape index (κ1) is 26.3. The number of carbonyl (C=O) groups is 2. The summed E-state index contributed by atoms with van der Waals surface area (Å²) in [4.78, 5) is 26.6. The maximum atomic E-state index is 13.2. The van der Waals surface area contributed by atoms with Crippen molar-refractivity contribution < 1.29 is 27.5 Å². The predicted molar refractivity (Wildman–Crippen MR) is 125 cm³/mol. The fourth-order valence-electron chi connectivity index (χ4n) is 3.56. The Morgan fingerprint density at radius 2 is 1.58 bits per heavy atom. The molecule has 33 heavy (non-hydrogen) atoms. The van der Waals surface area contributed by atoms with E-state index in [4.69, 9.17) is 9.47 Å². The van der Waals surface area contributed by atoms with E-state index in [0.717, 1.165) is 5.56 Å². The van der Waals surface area contributed by atoms with Crippen molar-refractivity contribution in [3.63, 3.8) is 0 Å². The summed E-state index contributed by atoms with van der Waals surface area (Å²) in [5.41, 5.74) is 0.826. The summed E-state index contributed by atoms with van der Waals surface area (Å²) in [5, 5.41) is 0. The van der Waals surface area contributed by atoms with E-state index in [9.17, 15) is 18.0 Å². The van der Waals surface area contributed by atoms with Crippen molar-refractivity contribution >= 4 is 21.9 Å². The summed E-state index contributed by atoms with van der Waals surface area (Å²) in [6.45, 7) is 7.24. The van der Waals surface area contributed by atoms with Crippen LogP contribution in [0.3, 0.4) is 0 Å². The largest absolute Gasteiger partial charge is 0.495 e. The second kappa shape index (κ2) is 11.3. The smallest absolute Gasteiger partial charge is 0.338 e.